The third-order valence-electron chi connectivity index (χ3n) is 2.97. The fourth-order valence-corrected chi connectivity index (χ4v) is 1.95. The lowest BCUT2D eigenvalue weighted by molar-refractivity contribution is 0.0948. The number of carbonyl (C=O) groups excluding carboxylic acids is 1. The topological polar surface area (TPSA) is 60.4 Å². The Hall–Kier alpha value is -1.36. The number of ether oxygens (including phenoxy) is 1. The molecule has 0 aliphatic rings. The van der Waals surface area contributed by atoms with Crippen LogP contribution < -0.4 is 4.74 Å². The van der Waals surface area contributed by atoms with E-state index < -0.39 is 20.4 Å². The molecule has 0 bridgehead atoms. The highest BCUT2D eigenvalue weighted by molar-refractivity contribution is 7.92. The normalized spacial score (nSPS) is 12.5. The summed E-state index contributed by atoms with van der Waals surface area (Å²) in [5.41, 5.74) is 0.298. The van der Waals surface area contributed by atoms with Gasteiger partial charge in [0.25, 0.3) is 0 Å². The van der Waals surface area contributed by atoms with Gasteiger partial charge in [0.2, 0.25) is 0 Å². The molecule has 0 aromatic heterocycles. The summed E-state index contributed by atoms with van der Waals surface area (Å²) in [5, 5.41) is 0. The maximum absolute atomic E-state index is 12.5. The molecule has 0 atom stereocenters. The number of sulfone groups is 1. The quantitative estimate of drug-likeness (QED) is 0.779. The largest absolute Gasteiger partial charge is 0.490 e. The lowest BCUT2D eigenvalue weighted by atomic mass is 9.99. The Morgan fingerprint density at radius 1 is 1.21 bits per heavy atom. The first-order valence-corrected chi connectivity index (χ1v) is 7.96. The average Bonchev–Trinajstić information content (AvgIpc) is 2.26. The minimum absolute atomic E-state index is 0.0877. The zero-order valence-corrected chi connectivity index (χ0v) is 12.7. The molecule has 19 heavy (non-hydrogen) atoms. The van der Waals surface area contributed by atoms with Gasteiger partial charge in [0, 0.05) is 6.26 Å². The van der Waals surface area contributed by atoms with Crippen LogP contribution in [0.5, 0.6) is 5.75 Å². The Bertz CT molecular complexity index is 571. The summed E-state index contributed by atoms with van der Waals surface area (Å²) in [6, 6.07) is 6.71. The van der Waals surface area contributed by atoms with Gasteiger partial charge in [-0.05, 0) is 39.8 Å². The predicted molar refractivity (Wildman–Crippen MR) is 75.5 cm³/mol. The molecule has 0 spiro atoms. The van der Waals surface area contributed by atoms with Crippen LogP contribution in [0.15, 0.2) is 24.3 Å². The van der Waals surface area contributed by atoms with Gasteiger partial charge in [-0.1, -0.05) is 12.1 Å². The maximum Gasteiger partial charge on any atom is 0.187 e. The summed E-state index contributed by atoms with van der Waals surface area (Å²) < 4.78 is 27.6. The first-order valence-electron chi connectivity index (χ1n) is 6.07. The van der Waals surface area contributed by atoms with Crippen LogP contribution in [0.1, 0.15) is 38.1 Å². The molecule has 1 rings (SSSR count). The molecule has 1 aromatic carbocycles. The number of hydrogen-bond donors (Lipinski definition) is 0. The summed E-state index contributed by atoms with van der Waals surface area (Å²) in [7, 11) is -3.50. The van der Waals surface area contributed by atoms with Crippen molar-refractivity contribution in [3.8, 4) is 5.75 Å². The molecule has 0 heterocycles. The second kappa shape index (κ2) is 5.33. The second-order valence-corrected chi connectivity index (χ2v) is 7.84. The van der Waals surface area contributed by atoms with E-state index in [4.69, 9.17) is 4.74 Å². The molecule has 0 unspecified atom stereocenters. The van der Waals surface area contributed by atoms with Crippen molar-refractivity contribution in [1.29, 1.82) is 0 Å². The summed E-state index contributed by atoms with van der Waals surface area (Å²) in [4.78, 5) is 12.5. The van der Waals surface area contributed by atoms with E-state index in [9.17, 15) is 13.2 Å². The minimum atomic E-state index is -3.50. The van der Waals surface area contributed by atoms with Crippen LogP contribution in [0.25, 0.3) is 0 Å². The van der Waals surface area contributed by atoms with E-state index in [1.807, 2.05) is 13.8 Å². The highest BCUT2D eigenvalue weighted by atomic mass is 32.2. The molecule has 1 aromatic rings. The smallest absolute Gasteiger partial charge is 0.187 e. The number of para-hydroxylation sites is 1. The molecule has 0 saturated heterocycles. The van der Waals surface area contributed by atoms with Gasteiger partial charge < -0.3 is 4.74 Å². The van der Waals surface area contributed by atoms with Gasteiger partial charge in [-0.2, -0.15) is 0 Å². The lowest BCUT2D eigenvalue weighted by Crippen LogP contribution is -2.40. The van der Waals surface area contributed by atoms with Gasteiger partial charge in [0.15, 0.2) is 15.6 Å². The van der Waals surface area contributed by atoms with Gasteiger partial charge in [-0.25, -0.2) is 8.42 Å². The number of carbonyl (C=O) groups is 1. The van der Waals surface area contributed by atoms with Crippen molar-refractivity contribution in [3.05, 3.63) is 29.8 Å². The lowest BCUT2D eigenvalue weighted by Gasteiger charge is -2.22. The molecular formula is C14H20O4S. The predicted octanol–water partition coefficient (Wildman–Crippen LogP) is 2.48. The van der Waals surface area contributed by atoms with E-state index in [2.05, 4.69) is 0 Å². The molecule has 4 nitrogen and oxygen atoms in total. The Labute approximate surface area is 114 Å². The number of Topliss-reactive ketones (excluding diaryl/α,β-unsaturated/α-hetero) is 1. The average molecular weight is 284 g/mol. The second-order valence-electron chi connectivity index (χ2n) is 5.27. The molecule has 0 saturated carbocycles. The zero-order valence-electron chi connectivity index (χ0n) is 11.9. The van der Waals surface area contributed by atoms with E-state index in [0.29, 0.717) is 11.3 Å². The minimum Gasteiger partial charge on any atom is -0.490 e. The molecule has 0 amide bonds. The Balaban J connectivity index is 3.28. The molecule has 106 valence electrons. The van der Waals surface area contributed by atoms with Crippen LogP contribution in [0.3, 0.4) is 0 Å². The van der Waals surface area contributed by atoms with Crippen LogP contribution in [0, 0.1) is 0 Å². The monoisotopic (exact) mass is 284 g/mol. The van der Waals surface area contributed by atoms with Crippen LogP contribution in [-0.4, -0.2) is 31.3 Å². The van der Waals surface area contributed by atoms with Crippen LogP contribution in [0.2, 0.25) is 0 Å². The van der Waals surface area contributed by atoms with E-state index in [0.717, 1.165) is 6.26 Å². The first kappa shape index (κ1) is 15.7. The Kier molecular flexibility index (Phi) is 4.40. The van der Waals surface area contributed by atoms with Gasteiger partial charge in [0.05, 0.1) is 11.7 Å². The molecule has 0 N–H and O–H groups in total. The highest BCUT2D eigenvalue weighted by Crippen LogP contribution is 2.27. The third kappa shape index (κ3) is 3.35. The molecule has 0 fully saturated rings. The standard InChI is InChI=1S/C14H20O4S/c1-10(2)18-12-9-7-6-8-11(12)13(15)14(3,4)19(5,16)17/h6-10H,1-5H3. The number of benzene rings is 1. The maximum atomic E-state index is 12.5. The first-order chi connectivity index (χ1) is 8.57. The SMILES string of the molecule is CC(C)Oc1ccccc1C(=O)C(C)(C)S(C)(=O)=O. The van der Waals surface area contributed by atoms with Crippen LogP contribution in [0.4, 0.5) is 0 Å². The third-order valence-corrected chi connectivity index (χ3v) is 5.01. The van der Waals surface area contributed by atoms with E-state index >= 15 is 0 Å². The molecule has 0 aliphatic carbocycles. The molecule has 5 heteroatoms. The molecule has 0 radical (unpaired) electrons. The van der Waals surface area contributed by atoms with E-state index in [1.54, 1.807) is 24.3 Å². The highest BCUT2D eigenvalue weighted by Gasteiger charge is 2.40. The summed E-state index contributed by atoms with van der Waals surface area (Å²) >= 11 is 0. The van der Waals surface area contributed by atoms with Gasteiger partial charge in [-0.15, -0.1) is 0 Å². The van der Waals surface area contributed by atoms with Crippen molar-refractivity contribution in [2.75, 3.05) is 6.26 Å². The van der Waals surface area contributed by atoms with Crippen molar-refractivity contribution < 1.29 is 17.9 Å². The number of ketones is 1. The molecular weight excluding hydrogens is 264 g/mol. The Morgan fingerprint density at radius 2 is 1.74 bits per heavy atom. The van der Waals surface area contributed by atoms with E-state index in [-0.39, 0.29) is 6.10 Å². The van der Waals surface area contributed by atoms with Crippen molar-refractivity contribution in [3.63, 3.8) is 0 Å². The fourth-order valence-electron chi connectivity index (χ4n) is 1.50. The summed E-state index contributed by atoms with van der Waals surface area (Å²) in [6.45, 7) is 6.53. The van der Waals surface area contributed by atoms with E-state index in [1.165, 1.54) is 13.8 Å². The van der Waals surface area contributed by atoms with Crippen LogP contribution in [-0.2, 0) is 9.84 Å². The van der Waals surface area contributed by atoms with Gasteiger partial charge >= 0.3 is 0 Å². The van der Waals surface area contributed by atoms with Gasteiger partial charge in [0.1, 0.15) is 10.5 Å². The van der Waals surface area contributed by atoms with Crippen molar-refractivity contribution >= 4 is 15.6 Å². The van der Waals surface area contributed by atoms with Crippen molar-refractivity contribution in [1.82, 2.24) is 0 Å². The number of rotatable bonds is 5. The Morgan fingerprint density at radius 3 is 2.21 bits per heavy atom. The van der Waals surface area contributed by atoms with Gasteiger partial charge in [-0.3, -0.25) is 4.79 Å². The summed E-state index contributed by atoms with van der Waals surface area (Å²) in [5.74, 6) is -0.0366. The zero-order chi connectivity index (χ0) is 14.8. The van der Waals surface area contributed by atoms with Crippen molar-refractivity contribution in [2.45, 2.75) is 38.5 Å². The van der Waals surface area contributed by atoms with Crippen molar-refractivity contribution in [2.24, 2.45) is 0 Å². The number of hydrogen-bond acceptors (Lipinski definition) is 4. The van der Waals surface area contributed by atoms with Crippen LogP contribution >= 0.6 is 0 Å². The summed E-state index contributed by atoms with van der Waals surface area (Å²) in [6.07, 6.45) is 0.979. The fraction of sp³-hybridized carbons (Fsp3) is 0.500. The molecule has 0 aliphatic heterocycles.